The van der Waals surface area contributed by atoms with Gasteiger partial charge in [0.15, 0.2) is 0 Å². The average molecular weight is 946 g/mol. The quantitative estimate of drug-likeness (QED) is 0.0436. The van der Waals surface area contributed by atoms with Gasteiger partial charge >= 0.3 is 13.9 Å². The largest absolute Gasteiger partial charge is 0.527 e. The van der Waals surface area contributed by atoms with Crippen LogP contribution >= 0.6 is 19.6 Å². The van der Waals surface area contributed by atoms with Crippen LogP contribution in [0.25, 0.3) is 10.8 Å². The lowest BCUT2D eigenvalue weighted by Crippen LogP contribution is -2.58. The molecule has 1 heterocycles. The minimum absolute atomic E-state index is 0.0349. The lowest BCUT2D eigenvalue weighted by atomic mass is 10.0. The lowest BCUT2D eigenvalue weighted by molar-refractivity contribution is -0.129. The van der Waals surface area contributed by atoms with E-state index in [1.54, 1.807) is 88.5 Å². The third kappa shape index (κ3) is 13.2. The number of methoxy groups -OCH3 is 1. The Kier molecular flexibility index (Phi) is 15.7. The molecule has 348 valence electrons. The van der Waals surface area contributed by atoms with E-state index in [9.17, 15) is 23.8 Å². The van der Waals surface area contributed by atoms with Crippen LogP contribution in [0, 0.1) is 0 Å². The van der Waals surface area contributed by atoms with E-state index in [1.165, 1.54) is 28.8 Å². The van der Waals surface area contributed by atoms with Gasteiger partial charge in [-0.3, -0.25) is 29.2 Å². The number of anilines is 1. The number of hydrogen-bond donors (Lipinski definition) is 5. The Labute approximate surface area is 393 Å². The van der Waals surface area contributed by atoms with Crippen LogP contribution < -0.4 is 35.6 Å². The molecule has 0 saturated carbocycles. The monoisotopic (exact) mass is 945 g/mol. The number of thioether (sulfide) groups is 1. The number of benzene rings is 6. The molecule has 1 aliphatic rings. The summed E-state index contributed by atoms with van der Waals surface area (Å²) in [5.74, 6) is -1.00. The topological polar surface area (TPSA) is 194 Å². The van der Waals surface area contributed by atoms with Crippen molar-refractivity contribution in [2.75, 3.05) is 18.6 Å². The maximum absolute atomic E-state index is 15.1. The Morgan fingerprint density at radius 2 is 1.48 bits per heavy atom. The molecule has 4 amide bonds. The molecule has 17 heteroatoms. The highest BCUT2D eigenvalue weighted by Crippen LogP contribution is 2.47. The zero-order valence-corrected chi connectivity index (χ0v) is 39.1. The van der Waals surface area contributed by atoms with Crippen molar-refractivity contribution in [2.45, 2.75) is 68.2 Å². The molecule has 0 saturated heterocycles. The van der Waals surface area contributed by atoms with E-state index >= 15 is 4.79 Å². The van der Waals surface area contributed by atoms with Gasteiger partial charge < -0.3 is 29.5 Å². The van der Waals surface area contributed by atoms with E-state index < -0.39 is 54.6 Å². The molecule has 6 aromatic carbocycles. The molecule has 0 bridgehead atoms. The SMILES string of the molecule is COc1ccc([C@H]2Sc3ccccc3N(CC(=O)NCc3cccc4ccccc34)C(=O)[C@H]2NC(=O)[C@H](Cc2ccc(OP(=O)(O)OCc3ccccc3)cc2)NNC(=O)OC(C)(C)C)cc1. The first kappa shape index (κ1) is 48.3. The summed E-state index contributed by atoms with van der Waals surface area (Å²) >= 11 is 1.36. The molecule has 1 aliphatic heterocycles. The van der Waals surface area contributed by atoms with E-state index in [0.29, 0.717) is 33.0 Å². The summed E-state index contributed by atoms with van der Waals surface area (Å²) in [6, 6.07) is 40.7. The van der Waals surface area contributed by atoms with Crippen molar-refractivity contribution in [1.82, 2.24) is 21.5 Å². The van der Waals surface area contributed by atoms with Crippen LogP contribution in [0.4, 0.5) is 10.5 Å². The van der Waals surface area contributed by atoms with Gasteiger partial charge in [-0.2, -0.15) is 0 Å². The van der Waals surface area contributed by atoms with Crippen molar-refractivity contribution in [1.29, 1.82) is 0 Å². The van der Waals surface area contributed by atoms with Gasteiger partial charge in [-0.15, -0.1) is 11.8 Å². The Balaban J connectivity index is 1.15. The Morgan fingerprint density at radius 3 is 2.21 bits per heavy atom. The fourth-order valence-corrected chi connectivity index (χ4v) is 9.42. The maximum atomic E-state index is 15.1. The number of hydrazine groups is 1. The first-order chi connectivity index (χ1) is 32.1. The smallest absolute Gasteiger partial charge is 0.497 e. The summed E-state index contributed by atoms with van der Waals surface area (Å²) in [4.78, 5) is 69.1. The summed E-state index contributed by atoms with van der Waals surface area (Å²) < 4.78 is 34.1. The Bertz CT molecular complexity index is 2730. The van der Waals surface area contributed by atoms with Crippen LogP contribution in [0.2, 0.25) is 0 Å². The minimum Gasteiger partial charge on any atom is -0.497 e. The second kappa shape index (κ2) is 21.7. The second-order valence-electron chi connectivity index (χ2n) is 16.6. The normalized spacial score (nSPS) is 16.1. The number of fused-ring (bicyclic) bond motifs is 2. The van der Waals surface area contributed by atoms with E-state index in [1.807, 2.05) is 72.8 Å². The number of nitrogens with one attached hydrogen (secondary N) is 4. The third-order valence-corrected chi connectivity index (χ3v) is 12.8. The Hall–Kier alpha value is -6.68. The molecule has 1 unspecified atom stereocenters. The van der Waals surface area contributed by atoms with Crippen molar-refractivity contribution < 1.29 is 47.2 Å². The van der Waals surface area contributed by atoms with E-state index in [0.717, 1.165) is 16.3 Å². The first-order valence-electron chi connectivity index (χ1n) is 21.4. The van der Waals surface area contributed by atoms with Crippen molar-refractivity contribution in [2.24, 2.45) is 0 Å². The molecule has 0 spiro atoms. The van der Waals surface area contributed by atoms with Crippen LogP contribution in [0.3, 0.4) is 0 Å². The number of nitrogens with zero attached hydrogens (tertiary/aromatic N) is 1. The summed E-state index contributed by atoms with van der Waals surface area (Å²) in [6.45, 7) is 4.81. The summed E-state index contributed by atoms with van der Waals surface area (Å²) in [6.07, 6.45) is -0.901. The fourth-order valence-electron chi connectivity index (χ4n) is 7.32. The molecule has 67 heavy (non-hydrogen) atoms. The number of phosphoric acid groups is 1. The van der Waals surface area contributed by atoms with E-state index in [4.69, 9.17) is 18.5 Å². The molecule has 6 aromatic rings. The van der Waals surface area contributed by atoms with Gasteiger partial charge in [0.1, 0.15) is 35.7 Å². The molecule has 15 nitrogen and oxygen atoms in total. The van der Waals surface area contributed by atoms with Crippen LogP contribution in [0.5, 0.6) is 11.5 Å². The highest BCUT2D eigenvalue weighted by Gasteiger charge is 2.41. The van der Waals surface area contributed by atoms with Gasteiger partial charge in [-0.05, 0) is 96.6 Å². The van der Waals surface area contributed by atoms with Crippen molar-refractivity contribution in [3.63, 3.8) is 0 Å². The van der Waals surface area contributed by atoms with Gasteiger partial charge in [0.25, 0.3) is 5.91 Å². The fraction of sp³-hybridized carbons (Fsp3) is 0.240. The highest BCUT2D eigenvalue weighted by molar-refractivity contribution is 7.99. The molecule has 0 aromatic heterocycles. The molecule has 0 aliphatic carbocycles. The number of para-hydroxylation sites is 1. The van der Waals surface area contributed by atoms with E-state index in [2.05, 4.69) is 21.5 Å². The zero-order chi connectivity index (χ0) is 47.6. The lowest BCUT2D eigenvalue weighted by Gasteiger charge is -2.30. The molecule has 4 atom stereocenters. The molecule has 0 radical (unpaired) electrons. The second-order valence-corrected chi connectivity index (χ2v) is 19.2. The molecule has 5 N–H and O–H groups in total. The van der Waals surface area contributed by atoms with Crippen LogP contribution in [-0.2, 0) is 47.8 Å². The van der Waals surface area contributed by atoms with Gasteiger partial charge in [0.05, 0.1) is 24.7 Å². The van der Waals surface area contributed by atoms with Gasteiger partial charge in [-0.25, -0.2) is 14.8 Å². The third-order valence-electron chi connectivity index (χ3n) is 10.5. The number of carbonyl (C=O) groups excluding carboxylic acids is 4. The number of phosphoric ester groups is 1. The summed E-state index contributed by atoms with van der Waals surface area (Å²) in [5, 5.41) is 7.30. The number of amides is 4. The van der Waals surface area contributed by atoms with Crippen molar-refractivity contribution in [3.05, 3.63) is 168 Å². The van der Waals surface area contributed by atoms with Crippen molar-refractivity contribution in [3.8, 4) is 11.5 Å². The summed E-state index contributed by atoms with van der Waals surface area (Å²) in [5.41, 5.74) is 7.73. The minimum atomic E-state index is -4.51. The van der Waals surface area contributed by atoms with Crippen molar-refractivity contribution >= 4 is 59.9 Å². The predicted molar refractivity (Wildman–Crippen MR) is 256 cm³/mol. The number of ether oxygens (including phenoxy) is 2. The number of hydrogen-bond acceptors (Lipinski definition) is 11. The van der Waals surface area contributed by atoms with E-state index in [-0.39, 0.29) is 31.9 Å². The average Bonchev–Trinajstić information content (AvgIpc) is 3.42. The highest BCUT2D eigenvalue weighted by atomic mass is 32.2. The number of rotatable bonds is 17. The van der Waals surface area contributed by atoms with Crippen LogP contribution in [0.1, 0.15) is 48.3 Å². The standard InChI is InChI=1S/C50H52N5O10PS/c1-50(2,3)64-49(59)54-53-41(29-33-21-25-39(26-22-33)65-66(60,61)63-32-34-13-6-5-7-14-34)47(57)52-45-46(36-23-27-38(62-4)28-24-36)67-43-20-11-10-19-42(43)55(48(45)58)31-44(56)51-30-37-17-12-16-35-15-8-9-18-40(35)37/h5-28,41,45-46,53H,29-32H2,1-4H3,(H,51,56)(H,52,57)(H,54,59)(H,60,61)/t41-,45-,46+/m0/s1. The summed E-state index contributed by atoms with van der Waals surface area (Å²) in [7, 11) is -2.97. The molecule has 0 fully saturated rings. The molecular formula is C50H52N5O10PS. The molecule has 7 rings (SSSR count). The van der Waals surface area contributed by atoms with Gasteiger partial charge in [-0.1, -0.05) is 109 Å². The first-order valence-corrected chi connectivity index (χ1v) is 23.8. The van der Waals surface area contributed by atoms with Crippen LogP contribution in [-0.4, -0.2) is 60.0 Å². The van der Waals surface area contributed by atoms with Gasteiger partial charge in [0.2, 0.25) is 11.8 Å². The predicted octanol–water partition coefficient (Wildman–Crippen LogP) is 8.17. The number of carbonyl (C=O) groups is 4. The zero-order valence-electron chi connectivity index (χ0n) is 37.3. The van der Waals surface area contributed by atoms with Gasteiger partial charge in [0, 0.05) is 11.4 Å². The maximum Gasteiger partial charge on any atom is 0.527 e. The van der Waals surface area contributed by atoms with Crippen LogP contribution in [0.15, 0.2) is 150 Å². The molecular weight excluding hydrogens is 894 g/mol. The Morgan fingerprint density at radius 1 is 0.806 bits per heavy atom.